The maximum atomic E-state index is 5.73. The van der Waals surface area contributed by atoms with E-state index in [4.69, 9.17) is 5.73 Å². The van der Waals surface area contributed by atoms with Gasteiger partial charge in [0, 0.05) is 12.2 Å². The van der Waals surface area contributed by atoms with Crippen molar-refractivity contribution >= 4 is 35.6 Å². The number of guanidine groups is 1. The number of hydrogen-bond donors (Lipinski definition) is 2. The number of benzene rings is 1. The third-order valence-electron chi connectivity index (χ3n) is 2.03. The van der Waals surface area contributed by atoms with Gasteiger partial charge in [-0.2, -0.15) is 0 Å². The molecule has 0 saturated carbocycles. The number of anilines is 1. The van der Waals surface area contributed by atoms with Gasteiger partial charge >= 0.3 is 0 Å². The molecule has 3 nitrogen and oxygen atoms in total. The van der Waals surface area contributed by atoms with Crippen LogP contribution in [0.1, 0.15) is 20.3 Å². The maximum absolute atomic E-state index is 5.73. The predicted molar refractivity (Wildman–Crippen MR) is 81.4 cm³/mol. The Bertz CT molecular complexity index is 309. The van der Waals surface area contributed by atoms with Crippen LogP contribution in [-0.4, -0.2) is 12.5 Å². The second-order valence-corrected chi connectivity index (χ2v) is 3.94. The molecular weight excluding hydrogens is 313 g/mol. The van der Waals surface area contributed by atoms with Gasteiger partial charge in [-0.05, 0) is 24.5 Å². The van der Waals surface area contributed by atoms with Crippen molar-refractivity contribution in [3.63, 3.8) is 0 Å². The fourth-order valence-corrected chi connectivity index (χ4v) is 1.15. The van der Waals surface area contributed by atoms with E-state index in [1.807, 2.05) is 30.3 Å². The Balaban J connectivity index is 0.00000225. The van der Waals surface area contributed by atoms with Crippen LogP contribution < -0.4 is 11.1 Å². The average Bonchev–Trinajstić information content (AvgIpc) is 2.18. The van der Waals surface area contributed by atoms with E-state index in [1.165, 1.54) is 0 Å². The van der Waals surface area contributed by atoms with Gasteiger partial charge in [-0.25, -0.2) is 0 Å². The van der Waals surface area contributed by atoms with Crippen LogP contribution in [0.3, 0.4) is 0 Å². The molecule has 0 unspecified atom stereocenters. The summed E-state index contributed by atoms with van der Waals surface area (Å²) in [6.45, 7) is 5.13. The van der Waals surface area contributed by atoms with Gasteiger partial charge in [0.05, 0.1) is 0 Å². The zero-order valence-electron chi connectivity index (χ0n) is 9.81. The second-order valence-electron chi connectivity index (χ2n) is 3.94. The van der Waals surface area contributed by atoms with E-state index in [1.54, 1.807) is 0 Å². The first-order chi connectivity index (χ1) is 7.18. The molecule has 1 aromatic carbocycles. The van der Waals surface area contributed by atoms with Crippen LogP contribution in [0, 0.1) is 5.92 Å². The van der Waals surface area contributed by atoms with E-state index < -0.39 is 0 Å². The highest BCUT2D eigenvalue weighted by molar-refractivity contribution is 14.0. The summed E-state index contributed by atoms with van der Waals surface area (Å²) in [5, 5.41) is 3.04. The van der Waals surface area contributed by atoms with Gasteiger partial charge in [0.25, 0.3) is 0 Å². The number of rotatable bonds is 4. The van der Waals surface area contributed by atoms with Gasteiger partial charge in [-0.15, -0.1) is 24.0 Å². The molecule has 0 spiro atoms. The molecule has 0 heterocycles. The lowest BCUT2D eigenvalue weighted by Gasteiger charge is -2.05. The van der Waals surface area contributed by atoms with Crippen molar-refractivity contribution in [3.05, 3.63) is 30.3 Å². The highest BCUT2D eigenvalue weighted by atomic mass is 127. The molecule has 0 amide bonds. The first kappa shape index (κ1) is 15.2. The number of nitrogens with zero attached hydrogens (tertiary/aromatic N) is 1. The molecule has 0 saturated heterocycles. The van der Waals surface area contributed by atoms with Crippen molar-refractivity contribution < 1.29 is 0 Å². The lowest BCUT2D eigenvalue weighted by atomic mass is 10.1. The number of nitrogens with one attached hydrogen (secondary N) is 1. The van der Waals surface area contributed by atoms with E-state index >= 15 is 0 Å². The SMILES string of the molecule is CC(C)CCN=C(N)Nc1ccccc1.I. The van der Waals surface area contributed by atoms with E-state index in [-0.39, 0.29) is 24.0 Å². The molecule has 1 aromatic rings. The molecular formula is C12H20IN3. The Morgan fingerprint density at radius 2 is 1.94 bits per heavy atom. The molecule has 0 aliphatic rings. The third kappa shape index (κ3) is 6.66. The summed E-state index contributed by atoms with van der Waals surface area (Å²) in [5.41, 5.74) is 6.71. The van der Waals surface area contributed by atoms with Crippen molar-refractivity contribution in [3.8, 4) is 0 Å². The fourth-order valence-electron chi connectivity index (χ4n) is 1.15. The molecule has 16 heavy (non-hydrogen) atoms. The van der Waals surface area contributed by atoms with Gasteiger partial charge in [-0.1, -0.05) is 32.0 Å². The largest absolute Gasteiger partial charge is 0.370 e. The van der Waals surface area contributed by atoms with Gasteiger partial charge < -0.3 is 11.1 Å². The predicted octanol–water partition coefficient (Wildman–Crippen LogP) is 3.08. The van der Waals surface area contributed by atoms with Gasteiger partial charge in [0.2, 0.25) is 0 Å². The summed E-state index contributed by atoms with van der Waals surface area (Å²) in [5.74, 6) is 1.15. The summed E-state index contributed by atoms with van der Waals surface area (Å²) in [4.78, 5) is 4.24. The Labute approximate surface area is 115 Å². The standard InChI is InChI=1S/C12H19N3.HI/c1-10(2)8-9-14-12(13)15-11-6-4-3-5-7-11;/h3-7,10H,8-9H2,1-2H3,(H3,13,14,15);1H. The molecule has 0 radical (unpaired) electrons. The normalized spacial score (nSPS) is 11.1. The van der Waals surface area contributed by atoms with Crippen LogP contribution in [0.4, 0.5) is 5.69 Å². The zero-order valence-corrected chi connectivity index (χ0v) is 12.1. The van der Waals surface area contributed by atoms with Crippen LogP contribution in [0.15, 0.2) is 35.3 Å². The lowest BCUT2D eigenvalue weighted by molar-refractivity contribution is 0.597. The smallest absolute Gasteiger partial charge is 0.193 e. The Kier molecular flexibility index (Phi) is 7.97. The van der Waals surface area contributed by atoms with Gasteiger partial charge in [-0.3, -0.25) is 4.99 Å². The molecule has 4 heteroatoms. The molecule has 3 N–H and O–H groups in total. The van der Waals surface area contributed by atoms with E-state index in [0.29, 0.717) is 11.9 Å². The Morgan fingerprint density at radius 3 is 2.50 bits per heavy atom. The van der Waals surface area contributed by atoms with Crippen LogP contribution in [0.5, 0.6) is 0 Å². The summed E-state index contributed by atoms with van der Waals surface area (Å²) in [7, 11) is 0. The van der Waals surface area contributed by atoms with Crippen molar-refractivity contribution in [1.29, 1.82) is 0 Å². The fraction of sp³-hybridized carbons (Fsp3) is 0.417. The topological polar surface area (TPSA) is 50.4 Å². The Hall–Kier alpha value is -0.780. The number of aliphatic imine (C=N–C) groups is 1. The van der Waals surface area contributed by atoms with Crippen molar-refractivity contribution in [2.45, 2.75) is 20.3 Å². The van der Waals surface area contributed by atoms with Gasteiger partial charge in [0.1, 0.15) is 0 Å². The average molecular weight is 333 g/mol. The maximum Gasteiger partial charge on any atom is 0.193 e. The number of hydrogen-bond acceptors (Lipinski definition) is 1. The number of halogens is 1. The van der Waals surface area contributed by atoms with Crippen LogP contribution in [0.2, 0.25) is 0 Å². The first-order valence-corrected chi connectivity index (χ1v) is 5.30. The minimum absolute atomic E-state index is 0. The van der Waals surface area contributed by atoms with Gasteiger partial charge in [0.15, 0.2) is 5.96 Å². The van der Waals surface area contributed by atoms with Crippen LogP contribution in [-0.2, 0) is 0 Å². The first-order valence-electron chi connectivity index (χ1n) is 5.30. The highest BCUT2D eigenvalue weighted by Crippen LogP contribution is 2.04. The molecule has 0 fully saturated rings. The minimum atomic E-state index is 0. The molecule has 1 rings (SSSR count). The highest BCUT2D eigenvalue weighted by Gasteiger charge is 1.94. The third-order valence-corrected chi connectivity index (χ3v) is 2.03. The van der Waals surface area contributed by atoms with E-state index in [0.717, 1.165) is 18.7 Å². The second kappa shape index (κ2) is 8.38. The monoisotopic (exact) mass is 333 g/mol. The number of nitrogens with two attached hydrogens (primary N) is 1. The van der Waals surface area contributed by atoms with Crippen LogP contribution in [0.25, 0.3) is 0 Å². The summed E-state index contributed by atoms with van der Waals surface area (Å²) < 4.78 is 0. The zero-order chi connectivity index (χ0) is 11.1. The molecule has 0 bridgehead atoms. The van der Waals surface area contributed by atoms with Crippen molar-refractivity contribution in [2.24, 2.45) is 16.6 Å². The molecule has 0 aliphatic carbocycles. The number of para-hydroxylation sites is 1. The quantitative estimate of drug-likeness (QED) is 0.505. The van der Waals surface area contributed by atoms with Crippen molar-refractivity contribution in [1.82, 2.24) is 0 Å². The Morgan fingerprint density at radius 1 is 1.31 bits per heavy atom. The summed E-state index contributed by atoms with van der Waals surface area (Å²) >= 11 is 0. The lowest BCUT2D eigenvalue weighted by Crippen LogP contribution is -2.22. The summed E-state index contributed by atoms with van der Waals surface area (Å²) in [6.07, 6.45) is 1.07. The molecule has 0 atom stereocenters. The van der Waals surface area contributed by atoms with Crippen LogP contribution >= 0.6 is 24.0 Å². The molecule has 90 valence electrons. The minimum Gasteiger partial charge on any atom is -0.370 e. The van der Waals surface area contributed by atoms with E-state index in [9.17, 15) is 0 Å². The molecule has 0 aromatic heterocycles. The summed E-state index contributed by atoms with van der Waals surface area (Å²) in [6, 6.07) is 9.82. The van der Waals surface area contributed by atoms with E-state index in [2.05, 4.69) is 24.2 Å². The molecule has 0 aliphatic heterocycles. The van der Waals surface area contributed by atoms with Crippen molar-refractivity contribution in [2.75, 3.05) is 11.9 Å².